The van der Waals surface area contributed by atoms with E-state index in [1.807, 2.05) is 49.4 Å². The number of nitrogens with one attached hydrogen (secondary N) is 2. The number of nitrogens with zero attached hydrogens (tertiary/aromatic N) is 2. The molecule has 0 saturated carbocycles. The number of aromatic nitrogens is 2. The molecule has 2 aromatic carbocycles. The molecule has 4 rings (SSSR count). The maximum atomic E-state index is 12.6. The number of para-hydroxylation sites is 1. The van der Waals surface area contributed by atoms with Gasteiger partial charge in [-0.25, -0.2) is 4.68 Å². The molecule has 1 aromatic heterocycles. The number of benzene rings is 2. The highest BCUT2D eigenvalue weighted by molar-refractivity contribution is 6.30. The van der Waals surface area contributed by atoms with Gasteiger partial charge in [0.15, 0.2) is 0 Å². The molecule has 0 aliphatic carbocycles. The van der Waals surface area contributed by atoms with Crippen molar-refractivity contribution in [1.29, 1.82) is 0 Å². The number of hydrogen-bond donors (Lipinski definition) is 2. The van der Waals surface area contributed by atoms with E-state index < -0.39 is 6.04 Å². The largest absolute Gasteiger partial charge is 0.326 e. The Kier molecular flexibility index (Phi) is 4.88. The van der Waals surface area contributed by atoms with Crippen LogP contribution < -0.4 is 10.6 Å². The first-order valence-electron chi connectivity index (χ1n) is 9.09. The van der Waals surface area contributed by atoms with Crippen molar-refractivity contribution >= 4 is 34.9 Å². The Morgan fingerprint density at radius 2 is 2.07 bits per heavy atom. The topological polar surface area (TPSA) is 76.0 Å². The fourth-order valence-corrected chi connectivity index (χ4v) is 3.60. The molecule has 7 heteroatoms. The van der Waals surface area contributed by atoms with Gasteiger partial charge in [0.2, 0.25) is 5.91 Å². The lowest BCUT2D eigenvalue weighted by Gasteiger charge is -2.12. The van der Waals surface area contributed by atoms with Crippen LogP contribution in [0.1, 0.15) is 24.9 Å². The number of fused-ring (bicyclic) bond motifs is 1. The van der Waals surface area contributed by atoms with Crippen LogP contribution in [0.3, 0.4) is 0 Å². The Morgan fingerprint density at radius 1 is 1.25 bits per heavy atom. The predicted molar refractivity (Wildman–Crippen MR) is 109 cm³/mol. The summed E-state index contributed by atoms with van der Waals surface area (Å²) < 4.78 is 1.57. The molecule has 0 fully saturated rings. The first-order chi connectivity index (χ1) is 13.6. The minimum atomic E-state index is -0.684. The van der Waals surface area contributed by atoms with Gasteiger partial charge >= 0.3 is 0 Å². The number of carbonyl (C=O) groups excluding carboxylic acids is 2. The summed E-state index contributed by atoms with van der Waals surface area (Å²) in [5.41, 5.74) is 3.45. The third-order valence-corrected chi connectivity index (χ3v) is 5.06. The second-order valence-electron chi connectivity index (χ2n) is 6.63. The molecule has 2 N–H and O–H groups in total. The summed E-state index contributed by atoms with van der Waals surface area (Å²) in [6.07, 6.45) is 2.50. The lowest BCUT2D eigenvalue weighted by molar-refractivity contribution is -0.123. The molecule has 1 aliphatic heterocycles. The summed E-state index contributed by atoms with van der Waals surface area (Å²) in [4.78, 5) is 25.0. The van der Waals surface area contributed by atoms with Gasteiger partial charge in [0.1, 0.15) is 11.9 Å². The molecule has 0 radical (unpaired) electrons. The van der Waals surface area contributed by atoms with Crippen LogP contribution >= 0.6 is 11.6 Å². The van der Waals surface area contributed by atoms with Crippen LogP contribution in [0.25, 0.3) is 11.1 Å². The zero-order chi connectivity index (χ0) is 19.7. The van der Waals surface area contributed by atoms with E-state index in [-0.39, 0.29) is 18.2 Å². The second kappa shape index (κ2) is 7.48. The second-order valence-corrected chi connectivity index (χ2v) is 7.07. The van der Waals surface area contributed by atoms with E-state index >= 15 is 0 Å². The van der Waals surface area contributed by atoms with E-state index in [1.165, 1.54) is 0 Å². The number of carbonyl (C=O) groups is 2. The Balaban J connectivity index is 1.55. The molecule has 142 valence electrons. The SMILES string of the molecule is CCc1ccccc1NC(=O)CC1C(=O)Nc2c(-c3cccc(Cl)c3)cnn21. The molecule has 1 aliphatic rings. The molecule has 1 unspecified atom stereocenters. The Labute approximate surface area is 167 Å². The molecule has 0 saturated heterocycles. The summed E-state index contributed by atoms with van der Waals surface area (Å²) in [7, 11) is 0. The van der Waals surface area contributed by atoms with Crippen molar-refractivity contribution in [3.63, 3.8) is 0 Å². The summed E-state index contributed by atoms with van der Waals surface area (Å²) in [6, 6.07) is 14.3. The van der Waals surface area contributed by atoms with Gasteiger partial charge in [0.25, 0.3) is 5.91 Å². The van der Waals surface area contributed by atoms with Gasteiger partial charge in [0.05, 0.1) is 12.6 Å². The van der Waals surface area contributed by atoms with Crippen LogP contribution in [-0.2, 0) is 16.0 Å². The summed E-state index contributed by atoms with van der Waals surface area (Å²) >= 11 is 6.07. The number of aryl methyl sites for hydroxylation is 1. The molecule has 28 heavy (non-hydrogen) atoms. The van der Waals surface area contributed by atoms with Gasteiger partial charge in [-0.1, -0.05) is 48.9 Å². The normalized spacial score (nSPS) is 15.2. The lowest BCUT2D eigenvalue weighted by Crippen LogP contribution is -2.23. The van der Waals surface area contributed by atoms with Gasteiger partial charge < -0.3 is 10.6 Å². The lowest BCUT2D eigenvalue weighted by atomic mass is 10.1. The van der Waals surface area contributed by atoms with Crippen molar-refractivity contribution in [3.05, 3.63) is 65.3 Å². The van der Waals surface area contributed by atoms with E-state index in [9.17, 15) is 9.59 Å². The molecular formula is C21H19ClN4O2. The van der Waals surface area contributed by atoms with Gasteiger partial charge in [-0.05, 0) is 35.7 Å². The van der Waals surface area contributed by atoms with Crippen molar-refractivity contribution in [3.8, 4) is 11.1 Å². The minimum Gasteiger partial charge on any atom is -0.326 e. The maximum absolute atomic E-state index is 12.6. The van der Waals surface area contributed by atoms with Crippen LogP contribution in [-0.4, -0.2) is 21.6 Å². The molecular weight excluding hydrogens is 376 g/mol. The fourth-order valence-electron chi connectivity index (χ4n) is 3.41. The van der Waals surface area contributed by atoms with Crippen LogP contribution in [0.2, 0.25) is 5.02 Å². The van der Waals surface area contributed by atoms with Gasteiger partial charge in [-0.2, -0.15) is 5.10 Å². The monoisotopic (exact) mass is 394 g/mol. The third-order valence-electron chi connectivity index (χ3n) is 4.82. The average Bonchev–Trinajstić information content (AvgIpc) is 3.22. The Morgan fingerprint density at radius 3 is 2.86 bits per heavy atom. The number of halogens is 1. The number of hydrogen-bond acceptors (Lipinski definition) is 3. The Hall–Kier alpha value is -3.12. The average molecular weight is 395 g/mol. The van der Waals surface area contributed by atoms with Crippen LogP contribution in [0.15, 0.2) is 54.7 Å². The van der Waals surface area contributed by atoms with Crippen molar-refractivity contribution in [2.75, 3.05) is 10.6 Å². The van der Waals surface area contributed by atoms with Crippen LogP contribution in [0, 0.1) is 0 Å². The molecule has 1 atom stereocenters. The standard InChI is InChI=1S/C21H19ClN4O2/c1-2-13-6-3-4-9-17(13)24-19(27)11-18-21(28)25-20-16(12-23-26(18)20)14-7-5-8-15(22)10-14/h3-10,12,18H,2,11H2,1H3,(H,24,27)(H,25,28). The van der Waals surface area contributed by atoms with Crippen molar-refractivity contribution in [1.82, 2.24) is 9.78 Å². The summed E-state index contributed by atoms with van der Waals surface area (Å²) in [6.45, 7) is 2.03. The van der Waals surface area contributed by atoms with Crippen LogP contribution in [0.4, 0.5) is 11.5 Å². The fraction of sp³-hybridized carbons (Fsp3) is 0.190. The first-order valence-corrected chi connectivity index (χ1v) is 9.46. The highest BCUT2D eigenvalue weighted by Gasteiger charge is 2.35. The molecule has 2 heterocycles. The number of amides is 2. The van der Waals surface area contributed by atoms with Gasteiger partial charge in [0, 0.05) is 16.3 Å². The van der Waals surface area contributed by atoms with Crippen molar-refractivity contribution in [2.45, 2.75) is 25.8 Å². The van der Waals surface area contributed by atoms with Gasteiger partial charge in [-0.3, -0.25) is 9.59 Å². The molecule has 0 spiro atoms. The van der Waals surface area contributed by atoms with E-state index in [0.29, 0.717) is 10.8 Å². The highest BCUT2D eigenvalue weighted by Crippen LogP contribution is 2.36. The smallest absolute Gasteiger partial charge is 0.251 e. The molecule has 3 aromatic rings. The van der Waals surface area contributed by atoms with E-state index in [0.717, 1.165) is 28.8 Å². The quantitative estimate of drug-likeness (QED) is 0.677. The maximum Gasteiger partial charge on any atom is 0.251 e. The summed E-state index contributed by atoms with van der Waals surface area (Å²) in [5.74, 6) is 0.109. The predicted octanol–water partition coefficient (Wildman–Crippen LogP) is 4.29. The molecule has 2 amide bonds. The van der Waals surface area contributed by atoms with E-state index in [4.69, 9.17) is 11.6 Å². The first kappa shape index (κ1) is 18.3. The van der Waals surface area contributed by atoms with E-state index in [1.54, 1.807) is 16.9 Å². The zero-order valence-electron chi connectivity index (χ0n) is 15.3. The highest BCUT2D eigenvalue weighted by atomic mass is 35.5. The minimum absolute atomic E-state index is 0.00749. The van der Waals surface area contributed by atoms with Crippen molar-refractivity contribution in [2.24, 2.45) is 0 Å². The van der Waals surface area contributed by atoms with Crippen molar-refractivity contribution < 1.29 is 9.59 Å². The van der Waals surface area contributed by atoms with Crippen LogP contribution in [0.5, 0.6) is 0 Å². The van der Waals surface area contributed by atoms with E-state index in [2.05, 4.69) is 15.7 Å². The molecule has 0 bridgehead atoms. The van der Waals surface area contributed by atoms with Gasteiger partial charge in [-0.15, -0.1) is 0 Å². The number of anilines is 2. The molecule has 6 nitrogen and oxygen atoms in total. The third kappa shape index (κ3) is 3.39. The Bertz CT molecular complexity index is 1060. The summed E-state index contributed by atoms with van der Waals surface area (Å²) in [5, 5.41) is 10.7. The number of rotatable bonds is 5. The zero-order valence-corrected chi connectivity index (χ0v) is 16.0.